The van der Waals surface area contributed by atoms with Gasteiger partial charge in [-0.05, 0) is 76.8 Å². The van der Waals surface area contributed by atoms with E-state index in [0.29, 0.717) is 29.5 Å². The number of aromatic nitrogens is 2. The van der Waals surface area contributed by atoms with Crippen LogP contribution in [0.2, 0.25) is 0 Å². The number of fused-ring (bicyclic) bond motifs is 1. The number of methoxy groups -OCH3 is 1. The smallest absolute Gasteiger partial charge is 0.408 e. The van der Waals surface area contributed by atoms with E-state index in [2.05, 4.69) is 20.6 Å². The summed E-state index contributed by atoms with van der Waals surface area (Å²) in [6, 6.07) is 1.23. The van der Waals surface area contributed by atoms with Gasteiger partial charge in [0.25, 0.3) is 5.91 Å². The van der Waals surface area contributed by atoms with Gasteiger partial charge in [-0.2, -0.15) is 8.42 Å². The normalized spacial score (nSPS) is 22.2. The molecular formula is C38H58N6O10S. The van der Waals surface area contributed by atoms with E-state index in [1.807, 2.05) is 25.5 Å². The minimum absolute atomic E-state index is 0.00635. The zero-order valence-corrected chi connectivity index (χ0v) is 34.6. The quantitative estimate of drug-likeness (QED) is 0.227. The van der Waals surface area contributed by atoms with Crippen LogP contribution in [0.1, 0.15) is 106 Å². The van der Waals surface area contributed by atoms with Gasteiger partial charge in [0.15, 0.2) is 0 Å². The number of amides is 4. The van der Waals surface area contributed by atoms with Crippen molar-refractivity contribution in [2.45, 2.75) is 137 Å². The molecule has 5 atom stereocenters. The summed E-state index contributed by atoms with van der Waals surface area (Å²) < 4.78 is 50.0. The van der Waals surface area contributed by atoms with Crippen molar-refractivity contribution in [2.24, 2.45) is 11.3 Å². The Hall–Kier alpha value is -4.25. The molecule has 2 heterocycles. The molecule has 3 N–H and O–H groups in total. The summed E-state index contributed by atoms with van der Waals surface area (Å²) in [5.74, 6) is -1.32. The maximum atomic E-state index is 14.6. The Bertz CT molecular complexity index is 1840. The van der Waals surface area contributed by atoms with Crippen molar-refractivity contribution >= 4 is 45.0 Å². The van der Waals surface area contributed by atoms with E-state index in [1.54, 1.807) is 60.8 Å². The first-order chi connectivity index (χ1) is 25.6. The average Bonchev–Trinajstić information content (AvgIpc) is 3.68. The molecule has 4 amide bonds. The van der Waals surface area contributed by atoms with E-state index >= 15 is 0 Å². The summed E-state index contributed by atoms with van der Waals surface area (Å²) in [6.45, 7) is 16.0. The number of alkyl carbamates (subject to hydrolysis) is 1. The SMILES string of the molecule is CCCCCOS(=O)(=O)NC(=O)[C@@]1(NC(=O)[C@@H]2C[C@@H](Oc3ncnc4c(C)c(OC)ccc34)CN2C(=O)[C@@H](NC(=O)OC(C)(C)C)C(C)(C)C)CCC(C)C1. The van der Waals surface area contributed by atoms with Crippen LogP contribution in [0, 0.1) is 18.3 Å². The minimum Gasteiger partial charge on any atom is -0.496 e. The van der Waals surface area contributed by atoms with E-state index in [-0.39, 0.29) is 44.2 Å². The number of aryl methyl sites for hydroxylation is 1. The highest BCUT2D eigenvalue weighted by Gasteiger charge is 2.51. The molecule has 0 bridgehead atoms. The zero-order valence-electron chi connectivity index (χ0n) is 33.7. The van der Waals surface area contributed by atoms with Crippen LogP contribution in [0.3, 0.4) is 0 Å². The Labute approximate surface area is 324 Å². The largest absolute Gasteiger partial charge is 0.496 e. The van der Waals surface area contributed by atoms with Crippen LogP contribution >= 0.6 is 0 Å². The monoisotopic (exact) mass is 790 g/mol. The number of ether oxygens (including phenoxy) is 3. The molecule has 4 rings (SSSR count). The predicted molar refractivity (Wildman–Crippen MR) is 204 cm³/mol. The molecule has 1 aromatic heterocycles. The predicted octanol–water partition coefficient (Wildman–Crippen LogP) is 4.48. The fraction of sp³-hybridized carbons (Fsp3) is 0.684. The Balaban J connectivity index is 1.68. The van der Waals surface area contributed by atoms with Gasteiger partial charge in [0.2, 0.25) is 17.7 Å². The lowest BCUT2D eigenvalue weighted by atomic mass is 9.85. The summed E-state index contributed by atoms with van der Waals surface area (Å²) in [6.07, 6.45) is 2.77. The number of rotatable bonds is 14. The van der Waals surface area contributed by atoms with Crippen LogP contribution in [0.25, 0.3) is 10.9 Å². The summed E-state index contributed by atoms with van der Waals surface area (Å²) in [7, 11) is -2.90. The first kappa shape index (κ1) is 43.5. The fourth-order valence-corrected chi connectivity index (χ4v) is 7.88. The molecule has 17 heteroatoms. The van der Waals surface area contributed by atoms with Crippen LogP contribution in [0.15, 0.2) is 18.5 Å². The summed E-state index contributed by atoms with van der Waals surface area (Å²) in [4.78, 5) is 66.0. The van der Waals surface area contributed by atoms with Crippen molar-refractivity contribution in [3.63, 3.8) is 0 Å². The molecule has 1 aromatic carbocycles. The maximum Gasteiger partial charge on any atom is 0.408 e. The summed E-state index contributed by atoms with van der Waals surface area (Å²) in [5, 5.41) is 6.17. The van der Waals surface area contributed by atoms with Crippen molar-refractivity contribution in [1.29, 1.82) is 0 Å². The number of likely N-dealkylation sites (tertiary alicyclic amines) is 1. The van der Waals surface area contributed by atoms with Crippen LogP contribution in [0.4, 0.5) is 4.79 Å². The molecule has 1 saturated carbocycles. The molecule has 2 fully saturated rings. The van der Waals surface area contributed by atoms with Gasteiger partial charge in [-0.3, -0.25) is 18.6 Å². The first-order valence-corrected chi connectivity index (χ1v) is 20.3. The van der Waals surface area contributed by atoms with Crippen molar-refractivity contribution in [1.82, 2.24) is 30.2 Å². The molecule has 1 aliphatic carbocycles. The van der Waals surface area contributed by atoms with E-state index < -0.39 is 68.9 Å². The van der Waals surface area contributed by atoms with Crippen LogP contribution < -0.4 is 24.8 Å². The highest BCUT2D eigenvalue weighted by molar-refractivity contribution is 7.85. The van der Waals surface area contributed by atoms with Gasteiger partial charge in [0, 0.05) is 12.0 Å². The van der Waals surface area contributed by atoms with Crippen molar-refractivity contribution in [2.75, 3.05) is 20.3 Å². The number of carbonyl (C=O) groups excluding carboxylic acids is 4. The lowest BCUT2D eigenvalue weighted by Gasteiger charge is -2.36. The molecule has 16 nitrogen and oxygen atoms in total. The number of benzene rings is 1. The standard InChI is InChI=1S/C38H58N6O10S/c1-11-12-13-18-52-55(49,50)43-34(47)38(17-16-23(2)20-38)42-31(45)27-19-25(53-32-26-14-15-28(51-10)24(3)29(26)39-22-40-32)21-44(27)33(46)30(36(4,5)6)41-35(48)54-37(7,8)9/h14-15,22-23,25,27,30H,11-13,16-21H2,1-10H3,(H,41,48)(H,42,45)(H,43,47)/t23?,25-,27+,30-,38-/m1/s1. The number of hydrogen-bond acceptors (Lipinski definition) is 12. The molecular weight excluding hydrogens is 733 g/mol. The molecule has 2 aliphatic rings. The maximum absolute atomic E-state index is 14.6. The number of carbonyl (C=O) groups is 4. The van der Waals surface area contributed by atoms with Gasteiger partial charge in [0.05, 0.1) is 31.2 Å². The summed E-state index contributed by atoms with van der Waals surface area (Å²) in [5.41, 5.74) is -1.89. The molecule has 0 spiro atoms. The second-order valence-electron chi connectivity index (χ2n) is 16.7. The Kier molecular flexibility index (Phi) is 13.6. The number of nitrogens with one attached hydrogen (secondary N) is 3. The molecule has 1 aliphatic heterocycles. The van der Waals surface area contributed by atoms with Gasteiger partial charge in [0.1, 0.15) is 41.4 Å². The van der Waals surface area contributed by atoms with Crippen LogP contribution in [-0.4, -0.2) is 96.7 Å². The lowest BCUT2D eigenvalue weighted by Crippen LogP contribution is -2.63. The Morgan fingerprint density at radius 2 is 1.78 bits per heavy atom. The highest BCUT2D eigenvalue weighted by Crippen LogP contribution is 2.37. The number of unbranched alkanes of at least 4 members (excludes halogenated alkanes) is 2. The van der Waals surface area contributed by atoms with E-state index in [9.17, 15) is 27.6 Å². The average molecular weight is 791 g/mol. The molecule has 306 valence electrons. The number of nitrogens with zero attached hydrogens (tertiary/aromatic N) is 3. The van der Waals surface area contributed by atoms with Crippen LogP contribution in [-0.2, 0) is 33.6 Å². The molecule has 1 saturated heterocycles. The fourth-order valence-electron chi connectivity index (χ4n) is 7.07. The van der Waals surface area contributed by atoms with E-state index in [1.165, 1.54) is 11.2 Å². The molecule has 0 radical (unpaired) electrons. The third-order valence-corrected chi connectivity index (χ3v) is 10.8. The van der Waals surface area contributed by atoms with Crippen molar-refractivity contribution in [3.8, 4) is 11.6 Å². The minimum atomic E-state index is -4.46. The Morgan fingerprint density at radius 3 is 2.38 bits per heavy atom. The Morgan fingerprint density at radius 1 is 1.07 bits per heavy atom. The summed E-state index contributed by atoms with van der Waals surface area (Å²) >= 11 is 0. The third kappa shape index (κ3) is 11.0. The second-order valence-corrected chi connectivity index (χ2v) is 18.1. The highest BCUT2D eigenvalue weighted by atomic mass is 32.2. The van der Waals surface area contributed by atoms with Gasteiger partial charge in [-0.25, -0.2) is 19.5 Å². The zero-order chi connectivity index (χ0) is 40.9. The van der Waals surface area contributed by atoms with Gasteiger partial charge in [-0.15, -0.1) is 0 Å². The third-order valence-electron chi connectivity index (χ3n) is 9.86. The van der Waals surface area contributed by atoms with Gasteiger partial charge >= 0.3 is 16.4 Å². The topological polar surface area (TPSA) is 204 Å². The molecule has 1 unspecified atom stereocenters. The lowest BCUT2D eigenvalue weighted by molar-refractivity contribution is -0.143. The molecule has 55 heavy (non-hydrogen) atoms. The van der Waals surface area contributed by atoms with Crippen molar-refractivity contribution < 1.29 is 46.0 Å². The second kappa shape index (κ2) is 17.3. The van der Waals surface area contributed by atoms with Crippen LogP contribution in [0.5, 0.6) is 11.6 Å². The number of hydrogen-bond donors (Lipinski definition) is 3. The van der Waals surface area contributed by atoms with E-state index in [4.69, 9.17) is 18.4 Å². The van der Waals surface area contributed by atoms with Crippen molar-refractivity contribution in [3.05, 3.63) is 24.0 Å². The van der Waals surface area contributed by atoms with E-state index in [0.717, 1.165) is 18.4 Å². The first-order valence-electron chi connectivity index (χ1n) is 18.9. The molecule has 2 aromatic rings. The van der Waals surface area contributed by atoms with Gasteiger partial charge < -0.3 is 29.7 Å². The van der Waals surface area contributed by atoms with Gasteiger partial charge in [-0.1, -0.05) is 47.5 Å².